The maximum Gasteiger partial charge on any atom is 0.374 e. The number of ether oxygens (including phenoxy) is 1. The van der Waals surface area contributed by atoms with Crippen molar-refractivity contribution < 1.29 is 9.39 Å². The molecule has 1 aromatic carbocycles. The van der Waals surface area contributed by atoms with Crippen LogP contribution in [-0.4, -0.2) is 15.2 Å². The summed E-state index contributed by atoms with van der Waals surface area (Å²) in [6.45, 7) is 2.09. The Balaban J connectivity index is 2.28. The fraction of sp³-hybridized carbons (Fsp3) is 0.143. The smallest absolute Gasteiger partial charge is 0.374 e. The Morgan fingerprint density at radius 2 is 1.89 bits per heavy atom. The van der Waals surface area contributed by atoms with Crippen molar-refractivity contribution in [3.05, 3.63) is 45.6 Å². The van der Waals surface area contributed by atoms with E-state index in [1.54, 1.807) is 24.5 Å². The molecule has 2 radical (unpaired) electrons. The minimum absolute atomic E-state index is 0.580. The fourth-order valence-corrected chi connectivity index (χ4v) is 2.42. The summed E-state index contributed by atoms with van der Waals surface area (Å²) in [4.78, 5) is 0. The van der Waals surface area contributed by atoms with Crippen LogP contribution in [0.1, 0.15) is 16.7 Å². The van der Waals surface area contributed by atoms with Crippen molar-refractivity contribution in [2.45, 2.75) is 6.92 Å². The van der Waals surface area contributed by atoms with E-state index in [1.165, 1.54) is 11.1 Å². The monoisotopic (exact) mass is 256 g/mol. The van der Waals surface area contributed by atoms with E-state index >= 15 is 0 Å². The van der Waals surface area contributed by atoms with Crippen LogP contribution in [0.3, 0.4) is 0 Å². The number of aryl methyl sites for hydroxylation is 1. The summed E-state index contributed by atoms with van der Waals surface area (Å²) in [5.74, 6) is 1.30. The van der Waals surface area contributed by atoms with Gasteiger partial charge in [0.15, 0.2) is 0 Å². The minimum Gasteiger partial charge on any atom is -0.568 e. The van der Waals surface area contributed by atoms with E-state index < -0.39 is 0 Å². The Morgan fingerprint density at radius 1 is 1.11 bits per heavy atom. The molecule has 1 heterocycles. The molecule has 0 bridgehead atoms. The summed E-state index contributed by atoms with van der Waals surface area (Å²) < 4.78 is 9.94. The van der Waals surface area contributed by atoms with E-state index in [-0.39, 0.29) is 0 Å². The molecule has 0 saturated heterocycles. The Labute approximate surface area is 112 Å². The third-order valence-corrected chi connectivity index (χ3v) is 3.50. The Hall–Kier alpha value is -1.68. The number of methoxy groups -OCH3 is 1. The zero-order valence-corrected chi connectivity index (χ0v) is 11.2. The van der Waals surface area contributed by atoms with Crippen LogP contribution in [-0.2, 0) is 0 Å². The second kappa shape index (κ2) is 5.78. The molecule has 0 fully saturated rings. The highest BCUT2D eigenvalue weighted by molar-refractivity contribution is 7.08. The molecule has 2 rings (SSSR count). The van der Waals surface area contributed by atoms with Crippen molar-refractivity contribution in [2.75, 3.05) is 7.11 Å². The first kappa shape index (κ1) is 12.8. The molecule has 0 N–H and O–H groups in total. The van der Waals surface area contributed by atoms with Gasteiger partial charge in [-0.2, -0.15) is 11.3 Å². The summed E-state index contributed by atoms with van der Waals surface area (Å²) in [5.41, 5.74) is 3.48. The summed E-state index contributed by atoms with van der Waals surface area (Å²) in [6, 6.07) is 5.54. The van der Waals surface area contributed by atoms with Crippen molar-refractivity contribution in [3.8, 4) is 11.5 Å². The molecule has 0 amide bonds. The Morgan fingerprint density at radius 3 is 2.50 bits per heavy atom. The Kier molecular flexibility index (Phi) is 4.10. The average Bonchev–Trinajstić information content (AvgIpc) is 2.81. The van der Waals surface area contributed by atoms with Crippen LogP contribution >= 0.6 is 11.3 Å². The van der Waals surface area contributed by atoms with Crippen molar-refractivity contribution in [1.82, 2.24) is 0 Å². The zero-order chi connectivity index (χ0) is 13.0. The SMILES string of the molecule is [B]Oc1cc(/C=C/c2cscc2C)cc(OC)c1. The zero-order valence-electron chi connectivity index (χ0n) is 10.3. The van der Waals surface area contributed by atoms with Crippen molar-refractivity contribution >= 4 is 31.5 Å². The maximum atomic E-state index is 5.19. The third kappa shape index (κ3) is 2.96. The van der Waals surface area contributed by atoms with Gasteiger partial charge in [0.25, 0.3) is 0 Å². The minimum atomic E-state index is 0.580. The van der Waals surface area contributed by atoms with Gasteiger partial charge < -0.3 is 9.39 Å². The van der Waals surface area contributed by atoms with Gasteiger partial charge in [0.2, 0.25) is 0 Å². The first-order valence-electron chi connectivity index (χ1n) is 5.49. The highest BCUT2D eigenvalue weighted by atomic mass is 32.1. The van der Waals surface area contributed by atoms with Crippen molar-refractivity contribution in [1.29, 1.82) is 0 Å². The largest absolute Gasteiger partial charge is 0.568 e. The second-order valence-electron chi connectivity index (χ2n) is 3.90. The average molecular weight is 256 g/mol. The van der Waals surface area contributed by atoms with Crippen LogP contribution in [0.15, 0.2) is 29.0 Å². The summed E-state index contributed by atoms with van der Waals surface area (Å²) in [6.07, 6.45) is 4.08. The number of benzene rings is 1. The number of thiophene rings is 1. The van der Waals surface area contributed by atoms with Crippen molar-refractivity contribution in [3.63, 3.8) is 0 Å². The summed E-state index contributed by atoms with van der Waals surface area (Å²) in [5, 5.41) is 4.24. The van der Waals surface area contributed by atoms with Gasteiger partial charge in [0.1, 0.15) is 11.5 Å². The van der Waals surface area contributed by atoms with E-state index in [0.29, 0.717) is 5.75 Å². The fourth-order valence-electron chi connectivity index (χ4n) is 1.60. The van der Waals surface area contributed by atoms with Gasteiger partial charge in [-0.1, -0.05) is 12.2 Å². The Bertz CT molecular complexity index is 538. The quantitative estimate of drug-likeness (QED) is 0.776. The lowest BCUT2D eigenvalue weighted by molar-refractivity contribution is 0.412. The first-order valence-corrected chi connectivity index (χ1v) is 6.44. The van der Waals surface area contributed by atoms with Gasteiger partial charge in [-0.25, -0.2) is 0 Å². The van der Waals surface area contributed by atoms with Gasteiger partial charge in [-0.15, -0.1) is 0 Å². The van der Waals surface area contributed by atoms with Crippen LogP contribution in [0.5, 0.6) is 11.5 Å². The summed E-state index contributed by atoms with van der Waals surface area (Å²) in [7, 11) is 6.80. The molecule has 0 aliphatic heterocycles. The molecule has 0 aliphatic carbocycles. The lowest BCUT2D eigenvalue weighted by atomic mass is 10.1. The van der Waals surface area contributed by atoms with E-state index in [1.807, 2.05) is 18.2 Å². The molecule has 2 aromatic rings. The van der Waals surface area contributed by atoms with Crippen LogP contribution in [0.4, 0.5) is 0 Å². The topological polar surface area (TPSA) is 18.5 Å². The normalized spacial score (nSPS) is 10.8. The lowest BCUT2D eigenvalue weighted by Gasteiger charge is -2.06. The van der Waals surface area contributed by atoms with Gasteiger partial charge >= 0.3 is 8.05 Å². The molecule has 4 heteroatoms. The molecule has 0 spiro atoms. The maximum absolute atomic E-state index is 5.19. The van der Waals surface area contributed by atoms with Gasteiger partial charge in [-0.3, -0.25) is 0 Å². The third-order valence-electron chi connectivity index (χ3n) is 2.62. The summed E-state index contributed by atoms with van der Waals surface area (Å²) >= 11 is 1.70. The molecule has 1 aromatic heterocycles. The van der Waals surface area contributed by atoms with Crippen LogP contribution < -0.4 is 9.39 Å². The van der Waals surface area contributed by atoms with Crippen molar-refractivity contribution in [2.24, 2.45) is 0 Å². The second-order valence-corrected chi connectivity index (χ2v) is 4.65. The highest BCUT2D eigenvalue weighted by Crippen LogP contribution is 2.24. The molecule has 90 valence electrons. The van der Waals surface area contributed by atoms with Crippen LogP contribution in [0.25, 0.3) is 12.2 Å². The molecule has 0 unspecified atom stereocenters. The van der Waals surface area contributed by atoms with Gasteiger partial charge in [-0.05, 0) is 46.5 Å². The number of rotatable bonds is 4. The molecule has 18 heavy (non-hydrogen) atoms. The van der Waals surface area contributed by atoms with Crippen LogP contribution in [0.2, 0.25) is 0 Å². The molecule has 2 nitrogen and oxygen atoms in total. The van der Waals surface area contributed by atoms with E-state index in [4.69, 9.17) is 17.4 Å². The molecule has 0 atom stereocenters. The highest BCUT2D eigenvalue weighted by Gasteiger charge is 1.99. The molecular formula is C14H13BO2S. The van der Waals surface area contributed by atoms with E-state index in [9.17, 15) is 0 Å². The predicted molar refractivity (Wildman–Crippen MR) is 77.4 cm³/mol. The van der Waals surface area contributed by atoms with Gasteiger partial charge in [0.05, 0.1) is 7.11 Å². The van der Waals surface area contributed by atoms with Crippen LogP contribution in [0, 0.1) is 6.92 Å². The standard InChI is InChI=1S/C14H13BO2S/c1-10-8-18-9-12(10)4-3-11-5-13(16-2)7-14(6-11)17-15/h3-9H,1-2H3/b4-3+. The van der Waals surface area contributed by atoms with Gasteiger partial charge in [0, 0.05) is 6.07 Å². The van der Waals surface area contributed by atoms with E-state index in [0.717, 1.165) is 11.3 Å². The first-order chi connectivity index (χ1) is 8.72. The number of hydrogen-bond acceptors (Lipinski definition) is 3. The molecular weight excluding hydrogens is 243 g/mol. The number of hydrogen-bond donors (Lipinski definition) is 0. The molecule has 0 saturated carbocycles. The molecule has 0 aliphatic rings. The lowest BCUT2D eigenvalue weighted by Crippen LogP contribution is -1.89. The predicted octanol–water partition coefficient (Wildman–Crippen LogP) is 3.70. The van der Waals surface area contributed by atoms with E-state index in [2.05, 4.69) is 23.8 Å².